The first-order valence-electron chi connectivity index (χ1n) is 7.20. The molecule has 0 aromatic carbocycles. The minimum absolute atomic E-state index is 0.0133. The molecule has 0 heterocycles. The minimum Gasteiger partial charge on any atom is -0.481 e. The first-order valence-corrected chi connectivity index (χ1v) is 7.20. The summed E-state index contributed by atoms with van der Waals surface area (Å²) in [7, 11) is 0. The Bertz CT molecular complexity index is 314. The maximum absolute atomic E-state index is 12.0. The van der Waals surface area contributed by atoms with E-state index in [0.717, 1.165) is 19.3 Å². The number of rotatable bonds is 8. The van der Waals surface area contributed by atoms with Crippen molar-refractivity contribution in [3.8, 4) is 0 Å². The summed E-state index contributed by atoms with van der Waals surface area (Å²) in [4.78, 5) is 24.7. The first kappa shape index (κ1) is 15.8. The number of carbonyl (C=O) groups is 2. The molecule has 1 aliphatic rings. The van der Waals surface area contributed by atoms with Gasteiger partial charge in [0.2, 0.25) is 0 Å². The van der Waals surface area contributed by atoms with Gasteiger partial charge >= 0.3 is 12.0 Å². The third-order valence-electron chi connectivity index (χ3n) is 3.40. The predicted molar refractivity (Wildman–Crippen MR) is 74.0 cm³/mol. The van der Waals surface area contributed by atoms with Crippen molar-refractivity contribution in [2.24, 2.45) is 11.8 Å². The van der Waals surface area contributed by atoms with Gasteiger partial charge in [-0.3, -0.25) is 4.79 Å². The zero-order chi connectivity index (χ0) is 14.4. The molecule has 0 spiro atoms. The number of urea groups is 1. The summed E-state index contributed by atoms with van der Waals surface area (Å²) in [5.74, 6) is -0.347. The highest BCUT2D eigenvalue weighted by Crippen LogP contribution is 2.26. The number of carboxylic acid groups (broad SMARTS) is 1. The van der Waals surface area contributed by atoms with E-state index >= 15 is 0 Å². The Kier molecular flexibility index (Phi) is 6.12. The van der Waals surface area contributed by atoms with Crippen molar-refractivity contribution in [1.29, 1.82) is 0 Å². The number of aliphatic carboxylic acids is 1. The van der Waals surface area contributed by atoms with E-state index < -0.39 is 5.97 Å². The monoisotopic (exact) mass is 270 g/mol. The number of hydrogen-bond donors (Lipinski definition) is 2. The fourth-order valence-electron chi connectivity index (χ4n) is 2.44. The second kappa shape index (κ2) is 7.36. The average molecular weight is 270 g/mol. The van der Waals surface area contributed by atoms with Crippen LogP contribution in [0.2, 0.25) is 0 Å². The quantitative estimate of drug-likeness (QED) is 0.711. The maximum Gasteiger partial charge on any atom is 0.317 e. The van der Waals surface area contributed by atoms with E-state index in [-0.39, 0.29) is 18.4 Å². The van der Waals surface area contributed by atoms with E-state index in [1.165, 1.54) is 0 Å². The molecule has 110 valence electrons. The molecular formula is C14H26N2O3. The molecule has 1 fully saturated rings. The van der Waals surface area contributed by atoms with Crippen molar-refractivity contribution in [1.82, 2.24) is 10.2 Å². The minimum atomic E-state index is -0.797. The Morgan fingerprint density at radius 2 is 2.00 bits per heavy atom. The summed E-state index contributed by atoms with van der Waals surface area (Å²) < 4.78 is 0. The van der Waals surface area contributed by atoms with Gasteiger partial charge in [0.05, 0.1) is 0 Å². The van der Waals surface area contributed by atoms with Crippen LogP contribution < -0.4 is 5.32 Å². The van der Waals surface area contributed by atoms with Gasteiger partial charge in [0.15, 0.2) is 0 Å². The van der Waals surface area contributed by atoms with E-state index in [1.54, 1.807) is 0 Å². The van der Waals surface area contributed by atoms with E-state index in [4.69, 9.17) is 5.11 Å². The van der Waals surface area contributed by atoms with Crippen LogP contribution in [0.25, 0.3) is 0 Å². The number of carbonyl (C=O) groups excluding carboxylic acids is 1. The van der Waals surface area contributed by atoms with Crippen LogP contribution in [0.1, 0.15) is 46.5 Å². The van der Waals surface area contributed by atoms with Crippen LogP contribution in [0, 0.1) is 11.8 Å². The van der Waals surface area contributed by atoms with Gasteiger partial charge in [-0.2, -0.15) is 0 Å². The van der Waals surface area contributed by atoms with Gasteiger partial charge in [-0.25, -0.2) is 4.79 Å². The Balaban J connectivity index is 2.40. The second-order valence-corrected chi connectivity index (χ2v) is 5.80. The van der Waals surface area contributed by atoms with Gasteiger partial charge in [-0.1, -0.05) is 13.8 Å². The molecule has 0 aliphatic heterocycles. The predicted octanol–water partition coefficient (Wildman–Crippen LogP) is 2.32. The summed E-state index contributed by atoms with van der Waals surface area (Å²) >= 11 is 0. The molecule has 0 saturated heterocycles. The molecule has 19 heavy (non-hydrogen) atoms. The molecule has 1 aliphatic carbocycles. The Morgan fingerprint density at radius 1 is 1.37 bits per heavy atom. The summed E-state index contributed by atoms with van der Waals surface area (Å²) in [6.07, 6.45) is 3.12. The van der Waals surface area contributed by atoms with Crippen LogP contribution in [0.4, 0.5) is 4.79 Å². The maximum atomic E-state index is 12.0. The Labute approximate surface area is 115 Å². The molecule has 1 unspecified atom stereocenters. The van der Waals surface area contributed by atoms with E-state index in [2.05, 4.69) is 19.2 Å². The molecule has 0 aromatic rings. The van der Waals surface area contributed by atoms with Gasteiger partial charge in [0.1, 0.15) is 0 Å². The van der Waals surface area contributed by atoms with Crippen molar-refractivity contribution in [2.75, 3.05) is 13.1 Å². The van der Waals surface area contributed by atoms with Gasteiger partial charge < -0.3 is 15.3 Å². The number of hydrogen-bond acceptors (Lipinski definition) is 2. The number of amides is 2. The van der Waals surface area contributed by atoms with Crippen molar-refractivity contribution >= 4 is 12.0 Å². The fourth-order valence-corrected chi connectivity index (χ4v) is 2.44. The summed E-state index contributed by atoms with van der Waals surface area (Å²) in [5.41, 5.74) is 0. The SMILES string of the molecule is CCN(C(=O)NCC(CC(=O)O)CC(C)C)C1CC1. The highest BCUT2D eigenvalue weighted by atomic mass is 16.4. The smallest absolute Gasteiger partial charge is 0.317 e. The molecule has 2 N–H and O–H groups in total. The molecule has 2 amide bonds. The highest BCUT2D eigenvalue weighted by Gasteiger charge is 2.31. The lowest BCUT2D eigenvalue weighted by atomic mass is 9.94. The molecule has 0 bridgehead atoms. The topological polar surface area (TPSA) is 69.6 Å². The van der Waals surface area contributed by atoms with Gasteiger partial charge in [0.25, 0.3) is 0 Å². The first-order chi connectivity index (χ1) is 8.93. The second-order valence-electron chi connectivity index (χ2n) is 5.80. The third kappa shape index (κ3) is 5.94. The normalized spacial score (nSPS) is 16.2. The van der Waals surface area contributed by atoms with Crippen molar-refractivity contribution in [3.05, 3.63) is 0 Å². The third-order valence-corrected chi connectivity index (χ3v) is 3.40. The van der Waals surface area contributed by atoms with Gasteiger partial charge in [-0.15, -0.1) is 0 Å². The van der Waals surface area contributed by atoms with Gasteiger partial charge in [0, 0.05) is 25.6 Å². The largest absolute Gasteiger partial charge is 0.481 e. The molecule has 1 saturated carbocycles. The number of nitrogens with one attached hydrogen (secondary N) is 1. The zero-order valence-electron chi connectivity index (χ0n) is 12.2. The molecule has 0 radical (unpaired) electrons. The zero-order valence-corrected chi connectivity index (χ0v) is 12.2. The van der Waals surface area contributed by atoms with Gasteiger partial charge in [-0.05, 0) is 38.0 Å². The molecule has 5 nitrogen and oxygen atoms in total. The molecular weight excluding hydrogens is 244 g/mol. The lowest BCUT2D eigenvalue weighted by Gasteiger charge is -2.23. The lowest BCUT2D eigenvalue weighted by Crippen LogP contribution is -2.43. The summed E-state index contributed by atoms with van der Waals surface area (Å²) in [5, 5.41) is 11.8. The van der Waals surface area contributed by atoms with E-state index in [1.807, 2.05) is 11.8 Å². The van der Waals surface area contributed by atoms with Crippen LogP contribution in [0.5, 0.6) is 0 Å². The van der Waals surface area contributed by atoms with Crippen LogP contribution in [-0.4, -0.2) is 41.1 Å². The average Bonchev–Trinajstić information content (AvgIpc) is 3.09. The van der Waals surface area contributed by atoms with Crippen molar-refractivity contribution in [2.45, 2.75) is 52.5 Å². The van der Waals surface area contributed by atoms with Crippen molar-refractivity contribution < 1.29 is 14.7 Å². The van der Waals surface area contributed by atoms with Crippen LogP contribution >= 0.6 is 0 Å². The van der Waals surface area contributed by atoms with Crippen LogP contribution in [0.3, 0.4) is 0 Å². The fraction of sp³-hybridized carbons (Fsp3) is 0.857. The number of carboxylic acids is 1. The summed E-state index contributed by atoms with van der Waals surface area (Å²) in [6.45, 7) is 7.27. The Morgan fingerprint density at radius 3 is 2.42 bits per heavy atom. The molecule has 1 atom stereocenters. The molecule has 5 heteroatoms. The molecule has 1 rings (SSSR count). The van der Waals surface area contributed by atoms with E-state index in [9.17, 15) is 9.59 Å². The standard InChI is InChI=1S/C14H26N2O3/c1-4-16(12-5-6-12)14(19)15-9-11(7-10(2)3)8-13(17)18/h10-12H,4-9H2,1-3H3,(H,15,19)(H,17,18). The highest BCUT2D eigenvalue weighted by molar-refractivity contribution is 5.75. The van der Waals surface area contributed by atoms with E-state index in [0.29, 0.717) is 25.0 Å². The Hall–Kier alpha value is -1.26. The lowest BCUT2D eigenvalue weighted by molar-refractivity contribution is -0.138. The van der Waals surface area contributed by atoms with Crippen LogP contribution in [-0.2, 0) is 4.79 Å². The number of nitrogens with zero attached hydrogens (tertiary/aromatic N) is 1. The summed E-state index contributed by atoms with van der Waals surface area (Å²) in [6, 6.07) is 0.345. The molecule has 0 aromatic heterocycles. The van der Waals surface area contributed by atoms with Crippen LogP contribution in [0.15, 0.2) is 0 Å². The van der Waals surface area contributed by atoms with Crippen molar-refractivity contribution in [3.63, 3.8) is 0 Å².